The van der Waals surface area contributed by atoms with E-state index in [1.807, 2.05) is 12.1 Å². The van der Waals surface area contributed by atoms with E-state index in [2.05, 4.69) is 17.0 Å². The standard InChI is InChI=1S/C15H20ClNO2.C2HF3O2/c1-18-14-5-7-17(13-6-8-19-15(13)14)10-11-3-2-4-12(16)9-11;3-2(4,5)1(6)7/h2-4,9,13-15H,5-8,10H2,1H3;(H,6,7)/t13-,14-,15-;/m0./s1. The van der Waals surface area contributed by atoms with Crippen molar-refractivity contribution in [2.75, 3.05) is 20.3 Å². The molecule has 1 aromatic carbocycles. The lowest BCUT2D eigenvalue weighted by atomic mass is 9.95. The van der Waals surface area contributed by atoms with Gasteiger partial charge in [-0.2, -0.15) is 13.2 Å². The number of rotatable bonds is 3. The molecule has 0 unspecified atom stereocenters. The van der Waals surface area contributed by atoms with Crippen LogP contribution in [0, 0.1) is 0 Å². The van der Waals surface area contributed by atoms with E-state index in [1.54, 1.807) is 7.11 Å². The monoisotopic (exact) mass is 395 g/mol. The molecular weight excluding hydrogens is 375 g/mol. The van der Waals surface area contributed by atoms with Gasteiger partial charge < -0.3 is 14.6 Å². The van der Waals surface area contributed by atoms with Gasteiger partial charge in [-0.3, -0.25) is 4.90 Å². The van der Waals surface area contributed by atoms with Crippen LogP contribution in [0.25, 0.3) is 0 Å². The summed E-state index contributed by atoms with van der Waals surface area (Å²) in [5.74, 6) is -2.76. The number of aliphatic carboxylic acids is 1. The first-order chi connectivity index (χ1) is 12.2. The number of fused-ring (bicyclic) bond motifs is 1. The van der Waals surface area contributed by atoms with Crippen LogP contribution in [-0.4, -0.2) is 60.7 Å². The highest BCUT2D eigenvalue weighted by atomic mass is 35.5. The van der Waals surface area contributed by atoms with E-state index < -0.39 is 12.1 Å². The van der Waals surface area contributed by atoms with E-state index in [9.17, 15) is 13.2 Å². The van der Waals surface area contributed by atoms with Crippen LogP contribution < -0.4 is 0 Å². The number of carboxylic acid groups (broad SMARTS) is 1. The Morgan fingerprint density at radius 3 is 2.69 bits per heavy atom. The van der Waals surface area contributed by atoms with Gasteiger partial charge in [-0.05, 0) is 30.5 Å². The molecule has 2 fully saturated rings. The molecule has 0 aromatic heterocycles. The zero-order chi connectivity index (χ0) is 19.3. The first kappa shape index (κ1) is 21.0. The average Bonchev–Trinajstić information content (AvgIpc) is 3.05. The first-order valence-corrected chi connectivity index (χ1v) is 8.53. The van der Waals surface area contributed by atoms with Crippen LogP contribution in [-0.2, 0) is 20.8 Å². The number of likely N-dealkylation sites (tertiary alicyclic amines) is 1. The van der Waals surface area contributed by atoms with Crippen LogP contribution in [0.1, 0.15) is 18.4 Å². The summed E-state index contributed by atoms with van der Waals surface area (Å²) in [5, 5.41) is 7.93. The van der Waals surface area contributed by atoms with Gasteiger partial charge in [0.1, 0.15) is 0 Å². The predicted octanol–water partition coefficient (Wildman–Crippen LogP) is 3.35. The third-order valence-electron chi connectivity index (χ3n) is 4.46. The summed E-state index contributed by atoms with van der Waals surface area (Å²) in [6, 6.07) is 8.61. The van der Waals surface area contributed by atoms with Crippen molar-refractivity contribution in [3.8, 4) is 0 Å². The van der Waals surface area contributed by atoms with E-state index >= 15 is 0 Å². The maximum absolute atomic E-state index is 10.6. The molecule has 0 bridgehead atoms. The number of carboxylic acids is 1. The smallest absolute Gasteiger partial charge is 0.475 e. The Balaban J connectivity index is 0.000000298. The fourth-order valence-electron chi connectivity index (χ4n) is 3.29. The molecule has 9 heteroatoms. The number of carbonyl (C=O) groups is 1. The number of hydrogen-bond donors (Lipinski definition) is 1. The minimum absolute atomic E-state index is 0.234. The fourth-order valence-corrected chi connectivity index (χ4v) is 3.50. The number of ether oxygens (including phenoxy) is 2. The number of hydrogen-bond acceptors (Lipinski definition) is 4. The zero-order valence-corrected chi connectivity index (χ0v) is 15.0. The summed E-state index contributed by atoms with van der Waals surface area (Å²) in [7, 11) is 1.79. The van der Waals surface area contributed by atoms with Crippen molar-refractivity contribution in [1.82, 2.24) is 4.90 Å². The van der Waals surface area contributed by atoms with Gasteiger partial charge in [0.15, 0.2) is 0 Å². The minimum atomic E-state index is -5.08. The van der Waals surface area contributed by atoms with E-state index in [1.165, 1.54) is 5.56 Å². The average molecular weight is 396 g/mol. The van der Waals surface area contributed by atoms with Crippen LogP contribution >= 0.6 is 11.6 Å². The highest BCUT2D eigenvalue weighted by Gasteiger charge is 2.42. The van der Waals surface area contributed by atoms with Crippen LogP contribution in [0.3, 0.4) is 0 Å². The second kappa shape index (κ2) is 9.03. The van der Waals surface area contributed by atoms with Gasteiger partial charge in [0.2, 0.25) is 0 Å². The SMILES string of the molecule is CO[C@H]1CCN(Cc2cccc(Cl)c2)[C@H]2CCO[C@H]12.O=C(O)C(F)(F)F. The molecule has 2 heterocycles. The summed E-state index contributed by atoms with van der Waals surface area (Å²) in [6.45, 7) is 2.86. The molecule has 0 aliphatic carbocycles. The molecule has 3 atom stereocenters. The lowest BCUT2D eigenvalue weighted by Crippen LogP contribution is -2.52. The van der Waals surface area contributed by atoms with Gasteiger partial charge in [-0.15, -0.1) is 0 Å². The number of nitrogens with zero attached hydrogens (tertiary/aromatic N) is 1. The van der Waals surface area contributed by atoms with Gasteiger partial charge in [-0.25, -0.2) is 4.79 Å². The highest BCUT2D eigenvalue weighted by Crippen LogP contribution is 2.31. The molecule has 3 rings (SSSR count). The molecule has 1 aromatic rings. The third kappa shape index (κ3) is 5.57. The lowest BCUT2D eigenvalue weighted by molar-refractivity contribution is -0.192. The summed E-state index contributed by atoms with van der Waals surface area (Å²) >= 11 is 6.06. The summed E-state index contributed by atoms with van der Waals surface area (Å²) in [4.78, 5) is 11.4. The predicted molar refractivity (Wildman–Crippen MR) is 89.1 cm³/mol. The molecule has 26 heavy (non-hydrogen) atoms. The quantitative estimate of drug-likeness (QED) is 0.850. The van der Waals surface area contributed by atoms with Crippen molar-refractivity contribution in [3.05, 3.63) is 34.9 Å². The first-order valence-electron chi connectivity index (χ1n) is 8.15. The normalized spacial score (nSPS) is 26.0. The highest BCUT2D eigenvalue weighted by molar-refractivity contribution is 6.30. The van der Waals surface area contributed by atoms with E-state index in [0.717, 1.165) is 37.6 Å². The molecule has 0 radical (unpaired) electrons. The Labute approximate surface area is 154 Å². The Kier molecular flexibility index (Phi) is 7.28. The van der Waals surface area contributed by atoms with E-state index in [4.69, 9.17) is 31.0 Å². The maximum atomic E-state index is 10.6. The molecule has 146 valence electrons. The number of halogens is 4. The second-order valence-electron chi connectivity index (χ2n) is 6.16. The van der Waals surface area contributed by atoms with Crippen LogP contribution in [0.15, 0.2) is 24.3 Å². The molecule has 0 saturated carbocycles. The van der Waals surface area contributed by atoms with E-state index in [0.29, 0.717) is 6.04 Å². The van der Waals surface area contributed by atoms with Crippen LogP contribution in [0.5, 0.6) is 0 Å². The Bertz CT molecular complexity index is 614. The number of alkyl halides is 3. The van der Waals surface area contributed by atoms with Crippen molar-refractivity contribution in [3.63, 3.8) is 0 Å². The molecule has 0 amide bonds. The van der Waals surface area contributed by atoms with Crippen molar-refractivity contribution in [2.45, 2.75) is 43.8 Å². The molecule has 5 nitrogen and oxygen atoms in total. The maximum Gasteiger partial charge on any atom is 0.490 e. The molecule has 2 saturated heterocycles. The summed E-state index contributed by atoms with van der Waals surface area (Å²) in [5.41, 5.74) is 1.27. The Morgan fingerprint density at radius 2 is 2.12 bits per heavy atom. The third-order valence-corrected chi connectivity index (χ3v) is 4.69. The largest absolute Gasteiger partial charge is 0.490 e. The molecule has 1 N–H and O–H groups in total. The van der Waals surface area contributed by atoms with Crippen molar-refractivity contribution < 1.29 is 32.5 Å². The van der Waals surface area contributed by atoms with E-state index in [-0.39, 0.29) is 12.2 Å². The number of benzene rings is 1. The Hall–Kier alpha value is -1.35. The van der Waals surface area contributed by atoms with Gasteiger partial charge in [0.05, 0.1) is 12.2 Å². The molecule has 2 aliphatic rings. The van der Waals surface area contributed by atoms with Gasteiger partial charge in [-0.1, -0.05) is 23.7 Å². The summed E-state index contributed by atoms with van der Waals surface area (Å²) in [6.07, 6.45) is -2.45. The molecule has 2 aliphatic heterocycles. The van der Waals surface area contributed by atoms with Gasteiger partial charge >= 0.3 is 12.1 Å². The fraction of sp³-hybridized carbons (Fsp3) is 0.588. The topological polar surface area (TPSA) is 59.0 Å². The van der Waals surface area contributed by atoms with Crippen molar-refractivity contribution >= 4 is 17.6 Å². The Morgan fingerprint density at radius 1 is 1.42 bits per heavy atom. The second-order valence-corrected chi connectivity index (χ2v) is 6.59. The minimum Gasteiger partial charge on any atom is -0.475 e. The van der Waals surface area contributed by atoms with Gasteiger partial charge in [0, 0.05) is 37.9 Å². The van der Waals surface area contributed by atoms with Gasteiger partial charge in [0.25, 0.3) is 0 Å². The van der Waals surface area contributed by atoms with Crippen molar-refractivity contribution in [2.24, 2.45) is 0 Å². The number of piperidine rings is 1. The van der Waals surface area contributed by atoms with Crippen LogP contribution in [0.2, 0.25) is 5.02 Å². The van der Waals surface area contributed by atoms with Crippen molar-refractivity contribution in [1.29, 1.82) is 0 Å². The van der Waals surface area contributed by atoms with Crippen LogP contribution in [0.4, 0.5) is 13.2 Å². The molecule has 0 spiro atoms. The zero-order valence-electron chi connectivity index (χ0n) is 14.2. The number of methoxy groups -OCH3 is 1. The summed E-state index contributed by atoms with van der Waals surface area (Å²) < 4.78 is 43.1. The lowest BCUT2D eigenvalue weighted by Gasteiger charge is -2.40. The molecular formula is C17H21ClF3NO4.